The molecule has 3 rings (SSSR count). The normalized spacial score (nSPS) is 18.6. The SMILES string of the molecule is CN(C)c1nc(=O)n(CC2CCNC2)c2ccccc12. The zero-order valence-corrected chi connectivity index (χ0v) is 12.0. The third-order valence-corrected chi connectivity index (χ3v) is 3.89. The number of para-hydroxylation sites is 1. The molecule has 2 heterocycles. The van der Waals surface area contributed by atoms with Crippen LogP contribution in [0.25, 0.3) is 10.9 Å². The number of hydrogen-bond acceptors (Lipinski definition) is 4. The standard InChI is InChI=1S/C15H20N4O/c1-18(2)14-12-5-3-4-6-13(12)19(15(20)17-14)10-11-7-8-16-9-11/h3-6,11,16H,7-10H2,1-2H3. The number of anilines is 1. The number of nitrogens with zero attached hydrogens (tertiary/aromatic N) is 3. The molecule has 1 atom stereocenters. The third kappa shape index (κ3) is 2.29. The van der Waals surface area contributed by atoms with Crippen molar-refractivity contribution in [3.63, 3.8) is 0 Å². The number of nitrogens with one attached hydrogen (secondary N) is 1. The van der Waals surface area contributed by atoms with Crippen LogP contribution in [-0.4, -0.2) is 36.7 Å². The summed E-state index contributed by atoms with van der Waals surface area (Å²) in [4.78, 5) is 18.5. The highest BCUT2D eigenvalue weighted by Gasteiger charge is 2.18. The minimum absolute atomic E-state index is 0.153. The fourth-order valence-electron chi connectivity index (χ4n) is 2.86. The second-order valence-corrected chi connectivity index (χ2v) is 5.60. The van der Waals surface area contributed by atoms with Crippen LogP contribution in [0, 0.1) is 5.92 Å². The summed E-state index contributed by atoms with van der Waals surface area (Å²) in [5.74, 6) is 1.26. The van der Waals surface area contributed by atoms with Crippen molar-refractivity contribution in [3.8, 4) is 0 Å². The molecule has 1 aliphatic heterocycles. The van der Waals surface area contributed by atoms with Crippen LogP contribution in [0.4, 0.5) is 5.82 Å². The molecule has 1 saturated heterocycles. The minimum Gasteiger partial charge on any atom is -0.362 e. The van der Waals surface area contributed by atoms with Crippen molar-refractivity contribution >= 4 is 16.7 Å². The minimum atomic E-state index is -0.153. The van der Waals surface area contributed by atoms with Crippen molar-refractivity contribution in [2.45, 2.75) is 13.0 Å². The van der Waals surface area contributed by atoms with E-state index in [1.165, 1.54) is 0 Å². The van der Waals surface area contributed by atoms with Crippen LogP contribution in [0.5, 0.6) is 0 Å². The van der Waals surface area contributed by atoms with Crippen LogP contribution in [0.3, 0.4) is 0 Å². The van der Waals surface area contributed by atoms with Gasteiger partial charge >= 0.3 is 5.69 Å². The molecule has 106 valence electrons. The average Bonchev–Trinajstić information content (AvgIpc) is 2.94. The summed E-state index contributed by atoms with van der Waals surface area (Å²) in [7, 11) is 3.83. The maximum Gasteiger partial charge on any atom is 0.350 e. The van der Waals surface area contributed by atoms with Crippen molar-refractivity contribution in [1.29, 1.82) is 0 Å². The molecule has 0 amide bonds. The van der Waals surface area contributed by atoms with Crippen molar-refractivity contribution in [1.82, 2.24) is 14.9 Å². The molecule has 5 nitrogen and oxygen atoms in total. The van der Waals surface area contributed by atoms with Gasteiger partial charge in [-0.1, -0.05) is 12.1 Å². The van der Waals surface area contributed by atoms with Gasteiger partial charge in [-0.2, -0.15) is 4.98 Å². The Hall–Kier alpha value is -1.88. The van der Waals surface area contributed by atoms with Gasteiger partial charge in [0.2, 0.25) is 0 Å². The average molecular weight is 272 g/mol. The topological polar surface area (TPSA) is 50.2 Å². The van der Waals surface area contributed by atoms with E-state index in [-0.39, 0.29) is 5.69 Å². The van der Waals surface area contributed by atoms with Gasteiger partial charge in [0, 0.05) is 26.0 Å². The highest BCUT2D eigenvalue weighted by Crippen LogP contribution is 2.22. The van der Waals surface area contributed by atoms with E-state index in [1.54, 1.807) is 0 Å². The zero-order valence-electron chi connectivity index (χ0n) is 12.0. The van der Waals surface area contributed by atoms with Crippen LogP contribution in [0.1, 0.15) is 6.42 Å². The molecule has 1 aromatic heterocycles. The number of aromatic nitrogens is 2. The van der Waals surface area contributed by atoms with E-state index in [4.69, 9.17) is 0 Å². The van der Waals surface area contributed by atoms with Crippen molar-refractivity contribution < 1.29 is 0 Å². The van der Waals surface area contributed by atoms with E-state index in [1.807, 2.05) is 47.8 Å². The summed E-state index contributed by atoms with van der Waals surface area (Å²) in [6, 6.07) is 8.00. The van der Waals surface area contributed by atoms with Crippen molar-refractivity contribution in [3.05, 3.63) is 34.7 Å². The second kappa shape index (κ2) is 5.25. The molecule has 5 heteroatoms. The highest BCUT2D eigenvalue weighted by atomic mass is 16.1. The summed E-state index contributed by atoms with van der Waals surface area (Å²) in [5.41, 5.74) is 0.822. The lowest BCUT2D eigenvalue weighted by atomic mass is 10.1. The molecule has 0 aliphatic carbocycles. The van der Waals surface area contributed by atoms with Crippen molar-refractivity contribution in [2.24, 2.45) is 5.92 Å². The first kappa shape index (κ1) is 13.1. The van der Waals surface area contributed by atoms with Crippen LogP contribution < -0.4 is 15.9 Å². The molecule has 20 heavy (non-hydrogen) atoms. The summed E-state index contributed by atoms with van der Waals surface area (Å²) >= 11 is 0. The fourth-order valence-corrected chi connectivity index (χ4v) is 2.86. The van der Waals surface area contributed by atoms with Crippen LogP contribution in [0.2, 0.25) is 0 Å². The Morgan fingerprint density at radius 3 is 2.90 bits per heavy atom. The van der Waals surface area contributed by atoms with E-state index >= 15 is 0 Å². The van der Waals surface area contributed by atoms with Crippen LogP contribution >= 0.6 is 0 Å². The molecule has 0 bridgehead atoms. The van der Waals surface area contributed by atoms with E-state index in [0.29, 0.717) is 5.92 Å². The van der Waals surface area contributed by atoms with Gasteiger partial charge in [-0.05, 0) is 37.6 Å². The van der Waals surface area contributed by atoms with Crippen molar-refractivity contribution in [2.75, 3.05) is 32.1 Å². The maximum atomic E-state index is 12.4. The van der Waals surface area contributed by atoms with Crippen LogP contribution in [0.15, 0.2) is 29.1 Å². The molecule has 1 fully saturated rings. The second-order valence-electron chi connectivity index (χ2n) is 5.60. The van der Waals surface area contributed by atoms with Gasteiger partial charge in [0.1, 0.15) is 5.82 Å². The van der Waals surface area contributed by atoms with E-state index in [2.05, 4.69) is 10.3 Å². The molecular formula is C15H20N4O. The van der Waals surface area contributed by atoms with Gasteiger partial charge in [0.25, 0.3) is 0 Å². The van der Waals surface area contributed by atoms with Gasteiger partial charge in [-0.3, -0.25) is 4.57 Å². The predicted octanol–water partition coefficient (Wildman–Crippen LogP) is 1.07. The third-order valence-electron chi connectivity index (χ3n) is 3.89. The molecule has 1 aliphatic rings. The first-order chi connectivity index (χ1) is 9.66. The molecule has 0 radical (unpaired) electrons. The smallest absolute Gasteiger partial charge is 0.350 e. The first-order valence-electron chi connectivity index (χ1n) is 7.04. The highest BCUT2D eigenvalue weighted by molar-refractivity contribution is 5.89. The molecule has 1 aromatic carbocycles. The molecule has 0 spiro atoms. The van der Waals surface area contributed by atoms with E-state index in [0.717, 1.165) is 42.8 Å². The van der Waals surface area contributed by atoms with Gasteiger partial charge in [0.05, 0.1) is 5.52 Å². The molecule has 0 saturated carbocycles. The maximum absolute atomic E-state index is 12.4. The Labute approximate surface area is 118 Å². The summed E-state index contributed by atoms with van der Waals surface area (Å²) in [5, 5.41) is 4.38. The summed E-state index contributed by atoms with van der Waals surface area (Å²) in [6.07, 6.45) is 1.12. The lowest BCUT2D eigenvalue weighted by Crippen LogP contribution is -2.29. The molecule has 1 unspecified atom stereocenters. The lowest BCUT2D eigenvalue weighted by Gasteiger charge is -2.18. The molecule has 1 N–H and O–H groups in total. The number of hydrogen-bond donors (Lipinski definition) is 1. The molecular weight excluding hydrogens is 252 g/mol. The van der Waals surface area contributed by atoms with Gasteiger partial charge in [-0.25, -0.2) is 4.79 Å². The number of rotatable bonds is 3. The zero-order chi connectivity index (χ0) is 14.1. The van der Waals surface area contributed by atoms with Gasteiger partial charge in [0.15, 0.2) is 0 Å². The monoisotopic (exact) mass is 272 g/mol. The number of fused-ring (bicyclic) bond motifs is 1. The number of benzene rings is 1. The van der Waals surface area contributed by atoms with Gasteiger partial charge < -0.3 is 10.2 Å². The Balaban J connectivity index is 2.14. The Bertz CT molecular complexity index is 671. The lowest BCUT2D eigenvalue weighted by molar-refractivity contribution is 0.477. The van der Waals surface area contributed by atoms with E-state index < -0.39 is 0 Å². The first-order valence-corrected chi connectivity index (χ1v) is 7.04. The summed E-state index contributed by atoms with van der Waals surface area (Å²) < 4.78 is 1.82. The van der Waals surface area contributed by atoms with Gasteiger partial charge in [-0.15, -0.1) is 0 Å². The quantitative estimate of drug-likeness (QED) is 0.908. The Kier molecular flexibility index (Phi) is 3.44. The largest absolute Gasteiger partial charge is 0.362 e. The molecule has 2 aromatic rings. The Morgan fingerprint density at radius 1 is 1.40 bits per heavy atom. The summed E-state index contributed by atoms with van der Waals surface area (Å²) in [6.45, 7) is 2.77. The predicted molar refractivity (Wildman–Crippen MR) is 81.3 cm³/mol. The van der Waals surface area contributed by atoms with Crippen LogP contribution in [-0.2, 0) is 6.54 Å². The Morgan fingerprint density at radius 2 is 2.20 bits per heavy atom. The van der Waals surface area contributed by atoms with E-state index in [9.17, 15) is 4.79 Å². The fraction of sp³-hybridized carbons (Fsp3) is 0.467.